The van der Waals surface area contributed by atoms with Crippen molar-refractivity contribution in [3.05, 3.63) is 0 Å². The highest BCUT2D eigenvalue weighted by Gasteiger charge is 2.03. The minimum absolute atomic E-state index is 0.104. The Morgan fingerprint density at radius 2 is 1.67 bits per heavy atom. The third kappa shape index (κ3) is 22.7. The Labute approximate surface area is 75.0 Å². The van der Waals surface area contributed by atoms with Crippen molar-refractivity contribution in [1.82, 2.24) is 0 Å². The number of carboxylic acid groups (broad SMARTS) is 1. The van der Waals surface area contributed by atoms with Crippen LogP contribution in [0.3, 0.4) is 0 Å². The molecule has 3 nitrogen and oxygen atoms in total. The van der Waals surface area contributed by atoms with Gasteiger partial charge in [0.1, 0.15) is 0 Å². The molecule has 0 fully saturated rings. The van der Waals surface area contributed by atoms with Gasteiger partial charge >= 0.3 is 5.97 Å². The standard InChI is InChI=1S/C5H11NO2.C4H10/c1-4(3-6)2-5(7)8;1-4(2)3/h4H,2-3,6H2,1H3,(H,7,8);4H,1-3H3. The van der Waals surface area contributed by atoms with Crippen LogP contribution in [0, 0.1) is 11.8 Å². The number of aliphatic carboxylic acids is 1. The second kappa shape index (κ2) is 8.53. The maximum absolute atomic E-state index is 9.91. The first-order valence-corrected chi connectivity index (χ1v) is 4.32. The summed E-state index contributed by atoms with van der Waals surface area (Å²) in [7, 11) is 0. The lowest BCUT2D eigenvalue weighted by atomic mass is 10.1. The zero-order valence-corrected chi connectivity index (χ0v) is 8.50. The first-order valence-electron chi connectivity index (χ1n) is 4.32. The topological polar surface area (TPSA) is 63.3 Å². The van der Waals surface area contributed by atoms with Gasteiger partial charge in [0.2, 0.25) is 0 Å². The molecule has 74 valence electrons. The molecule has 12 heavy (non-hydrogen) atoms. The van der Waals surface area contributed by atoms with Crippen molar-refractivity contribution in [1.29, 1.82) is 0 Å². The van der Waals surface area contributed by atoms with Crippen LogP contribution in [0.2, 0.25) is 0 Å². The van der Waals surface area contributed by atoms with Gasteiger partial charge < -0.3 is 10.8 Å². The van der Waals surface area contributed by atoms with E-state index >= 15 is 0 Å². The lowest BCUT2D eigenvalue weighted by molar-refractivity contribution is -0.137. The third-order valence-electron chi connectivity index (χ3n) is 0.925. The van der Waals surface area contributed by atoms with E-state index in [1.165, 1.54) is 0 Å². The van der Waals surface area contributed by atoms with E-state index < -0.39 is 5.97 Å². The molecule has 1 unspecified atom stereocenters. The van der Waals surface area contributed by atoms with Crippen molar-refractivity contribution in [3.8, 4) is 0 Å². The molecule has 0 rings (SSSR count). The van der Waals surface area contributed by atoms with E-state index in [-0.39, 0.29) is 12.3 Å². The first-order chi connectivity index (χ1) is 5.40. The van der Waals surface area contributed by atoms with Crippen molar-refractivity contribution in [3.63, 3.8) is 0 Å². The normalized spacial score (nSPS) is 11.8. The van der Waals surface area contributed by atoms with E-state index in [1.54, 1.807) is 0 Å². The van der Waals surface area contributed by atoms with Crippen LogP contribution in [0.1, 0.15) is 34.1 Å². The number of hydrogen-bond acceptors (Lipinski definition) is 2. The van der Waals surface area contributed by atoms with E-state index in [0.29, 0.717) is 6.54 Å². The maximum atomic E-state index is 9.91. The number of carboxylic acids is 1. The smallest absolute Gasteiger partial charge is 0.303 e. The van der Waals surface area contributed by atoms with E-state index in [2.05, 4.69) is 20.8 Å². The molecule has 0 bridgehead atoms. The molecule has 0 aromatic carbocycles. The van der Waals surface area contributed by atoms with E-state index in [9.17, 15) is 4.79 Å². The van der Waals surface area contributed by atoms with Crippen molar-refractivity contribution in [2.24, 2.45) is 17.6 Å². The Morgan fingerprint density at radius 1 is 1.33 bits per heavy atom. The minimum atomic E-state index is -0.775. The number of carbonyl (C=O) groups is 1. The van der Waals surface area contributed by atoms with Crippen molar-refractivity contribution < 1.29 is 9.90 Å². The molecule has 0 aliphatic rings. The molecule has 0 aliphatic carbocycles. The Kier molecular flexibility index (Phi) is 9.93. The first kappa shape index (κ1) is 14.0. The molecule has 0 aromatic heterocycles. The van der Waals surface area contributed by atoms with Gasteiger partial charge in [-0.25, -0.2) is 0 Å². The second-order valence-corrected chi connectivity index (χ2v) is 3.67. The molecule has 0 spiro atoms. The summed E-state index contributed by atoms with van der Waals surface area (Å²) in [5, 5.41) is 8.16. The van der Waals surface area contributed by atoms with Crippen molar-refractivity contribution in [2.45, 2.75) is 34.1 Å². The summed E-state index contributed by atoms with van der Waals surface area (Å²) >= 11 is 0. The molecule has 0 saturated carbocycles. The molecule has 1 atom stereocenters. The lowest BCUT2D eigenvalue weighted by Crippen LogP contribution is -2.14. The van der Waals surface area contributed by atoms with Crippen LogP contribution in [-0.4, -0.2) is 17.6 Å². The minimum Gasteiger partial charge on any atom is -0.481 e. The molecule has 0 heterocycles. The second-order valence-electron chi connectivity index (χ2n) is 3.67. The third-order valence-corrected chi connectivity index (χ3v) is 0.925. The van der Waals surface area contributed by atoms with Gasteiger partial charge in [-0.15, -0.1) is 0 Å². The summed E-state index contributed by atoms with van der Waals surface area (Å²) in [6, 6.07) is 0. The molecular weight excluding hydrogens is 154 g/mol. The monoisotopic (exact) mass is 175 g/mol. The zero-order chi connectivity index (χ0) is 10.1. The molecule has 0 radical (unpaired) electrons. The van der Waals surface area contributed by atoms with Gasteiger partial charge in [-0.2, -0.15) is 0 Å². The highest BCUT2D eigenvalue weighted by atomic mass is 16.4. The maximum Gasteiger partial charge on any atom is 0.303 e. The summed E-state index contributed by atoms with van der Waals surface area (Å²) in [6.07, 6.45) is 0.177. The average Bonchev–Trinajstić information content (AvgIpc) is 1.84. The zero-order valence-electron chi connectivity index (χ0n) is 8.50. The fourth-order valence-corrected chi connectivity index (χ4v) is 0.381. The fraction of sp³-hybridized carbons (Fsp3) is 0.889. The van der Waals surface area contributed by atoms with E-state index in [0.717, 1.165) is 5.92 Å². The molecule has 0 aliphatic heterocycles. The Balaban J connectivity index is 0. The Hall–Kier alpha value is -0.570. The van der Waals surface area contributed by atoms with Crippen molar-refractivity contribution >= 4 is 5.97 Å². The molecule has 3 heteroatoms. The largest absolute Gasteiger partial charge is 0.481 e. The quantitative estimate of drug-likeness (QED) is 0.686. The van der Waals surface area contributed by atoms with Gasteiger partial charge in [-0.3, -0.25) is 4.79 Å². The van der Waals surface area contributed by atoms with Crippen molar-refractivity contribution in [2.75, 3.05) is 6.54 Å². The fourth-order valence-electron chi connectivity index (χ4n) is 0.381. The summed E-state index contributed by atoms with van der Waals surface area (Å²) in [6.45, 7) is 8.76. The van der Waals surface area contributed by atoms with E-state index in [4.69, 9.17) is 10.8 Å². The van der Waals surface area contributed by atoms with Crippen LogP contribution in [-0.2, 0) is 4.79 Å². The highest BCUT2D eigenvalue weighted by Crippen LogP contribution is 1.96. The average molecular weight is 175 g/mol. The predicted octanol–water partition coefficient (Wildman–Crippen LogP) is 1.72. The Morgan fingerprint density at radius 3 is 1.75 bits per heavy atom. The molecule has 0 saturated heterocycles. The van der Waals surface area contributed by atoms with Crippen LogP contribution in [0.15, 0.2) is 0 Å². The summed E-state index contributed by atoms with van der Waals surface area (Å²) in [4.78, 5) is 9.91. The molecular formula is C9H21NO2. The number of rotatable bonds is 3. The highest BCUT2D eigenvalue weighted by molar-refractivity contribution is 5.66. The van der Waals surface area contributed by atoms with Crippen LogP contribution < -0.4 is 5.73 Å². The van der Waals surface area contributed by atoms with Crippen LogP contribution in [0.5, 0.6) is 0 Å². The van der Waals surface area contributed by atoms with Gasteiger partial charge in [0, 0.05) is 6.42 Å². The molecule has 0 aromatic rings. The van der Waals surface area contributed by atoms with Crippen LogP contribution >= 0.6 is 0 Å². The van der Waals surface area contributed by atoms with Gasteiger partial charge in [0.05, 0.1) is 0 Å². The van der Waals surface area contributed by atoms with Crippen LogP contribution in [0.25, 0.3) is 0 Å². The number of nitrogens with two attached hydrogens (primary N) is 1. The van der Waals surface area contributed by atoms with Gasteiger partial charge in [-0.05, 0) is 18.4 Å². The van der Waals surface area contributed by atoms with Crippen LogP contribution in [0.4, 0.5) is 0 Å². The lowest BCUT2D eigenvalue weighted by Gasteiger charge is -2.00. The van der Waals surface area contributed by atoms with Gasteiger partial charge in [0.15, 0.2) is 0 Å². The predicted molar refractivity (Wildman–Crippen MR) is 51.0 cm³/mol. The number of hydrogen-bond donors (Lipinski definition) is 2. The SMILES string of the molecule is CC(C)C.CC(CN)CC(=O)O. The van der Waals surface area contributed by atoms with Gasteiger partial charge in [-0.1, -0.05) is 27.7 Å². The summed E-state index contributed by atoms with van der Waals surface area (Å²) in [5.74, 6) is 0.162. The van der Waals surface area contributed by atoms with E-state index in [1.807, 2.05) is 6.92 Å². The van der Waals surface area contributed by atoms with Gasteiger partial charge in [0.25, 0.3) is 0 Å². The summed E-state index contributed by atoms with van der Waals surface area (Å²) in [5.41, 5.74) is 5.16. The summed E-state index contributed by atoms with van der Waals surface area (Å²) < 4.78 is 0. The Bertz CT molecular complexity index is 110. The molecule has 0 amide bonds. The molecule has 3 N–H and O–H groups in total.